The maximum atomic E-state index is 11.0. The van der Waals surface area contributed by atoms with Gasteiger partial charge in [0.05, 0.1) is 17.4 Å². The number of aryl methyl sites for hydroxylation is 1. The second-order valence-electron chi connectivity index (χ2n) is 10.2. The number of aromatic nitrogens is 2. The molecule has 0 saturated heterocycles. The first-order valence-electron chi connectivity index (χ1n) is 13.3. The minimum atomic E-state index is -0.590. The predicted molar refractivity (Wildman–Crippen MR) is 152 cm³/mol. The molecule has 38 heavy (non-hydrogen) atoms. The summed E-state index contributed by atoms with van der Waals surface area (Å²) in [6.45, 7) is 1.75. The normalized spacial score (nSPS) is 16.3. The van der Waals surface area contributed by atoms with Gasteiger partial charge in [-0.25, -0.2) is 4.98 Å². The van der Waals surface area contributed by atoms with Gasteiger partial charge in [-0.1, -0.05) is 72.8 Å². The Hall–Kier alpha value is -3.93. The second kappa shape index (κ2) is 10.8. The van der Waals surface area contributed by atoms with Gasteiger partial charge in [-0.15, -0.1) is 0 Å². The fraction of sp³-hybridized carbons (Fsp3) is 0.242. The smallest absolute Gasteiger partial charge is 0.120 e. The molecule has 5 heteroatoms. The van der Waals surface area contributed by atoms with Gasteiger partial charge in [0.25, 0.3) is 0 Å². The van der Waals surface area contributed by atoms with Crippen molar-refractivity contribution in [2.75, 3.05) is 19.7 Å². The van der Waals surface area contributed by atoms with Crippen LogP contribution in [0.1, 0.15) is 22.7 Å². The molecule has 1 aromatic heterocycles. The number of hydrogen-bond donors (Lipinski definition) is 1. The highest BCUT2D eigenvalue weighted by Gasteiger charge is 2.28. The summed E-state index contributed by atoms with van der Waals surface area (Å²) in [4.78, 5) is 6.83. The van der Waals surface area contributed by atoms with E-state index in [1.54, 1.807) is 0 Å². The number of ether oxygens (including phenoxy) is 1. The monoisotopic (exact) mass is 503 g/mol. The van der Waals surface area contributed by atoms with E-state index in [0.717, 1.165) is 47.3 Å². The molecule has 0 saturated carbocycles. The molecule has 5 aromatic rings. The van der Waals surface area contributed by atoms with Crippen LogP contribution in [-0.2, 0) is 19.9 Å². The lowest BCUT2D eigenvalue weighted by molar-refractivity contribution is 0.0483. The molecule has 1 N–H and O–H groups in total. The van der Waals surface area contributed by atoms with Gasteiger partial charge in [0.15, 0.2) is 0 Å². The summed E-state index contributed by atoms with van der Waals surface area (Å²) < 4.78 is 8.12. The standard InChI is InChI=1S/C33H33N3O2/c1-35-23-34-31-15-14-27(20-33(31)35)26-11-7-12-29(19-26)38-22-28(37)21-36-17-16-25-10-5-6-13-30(25)32(36)18-24-8-3-2-4-9-24/h2-15,19-20,23,28,32,37H,16-18,21-22H2,1H3. The molecule has 0 amide bonds. The van der Waals surface area contributed by atoms with Gasteiger partial charge >= 0.3 is 0 Å². The van der Waals surface area contributed by atoms with E-state index < -0.39 is 6.10 Å². The number of rotatable bonds is 8. The molecule has 0 fully saturated rings. The third-order valence-electron chi connectivity index (χ3n) is 7.58. The van der Waals surface area contributed by atoms with E-state index in [0.29, 0.717) is 6.54 Å². The van der Waals surface area contributed by atoms with Crippen molar-refractivity contribution in [3.8, 4) is 16.9 Å². The third-order valence-corrected chi connectivity index (χ3v) is 7.58. The summed E-state index contributed by atoms with van der Waals surface area (Å²) in [6.07, 6.45) is 3.17. The van der Waals surface area contributed by atoms with E-state index in [4.69, 9.17) is 4.74 Å². The maximum absolute atomic E-state index is 11.0. The van der Waals surface area contributed by atoms with Gasteiger partial charge in [-0.3, -0.25) is 4.90 Å². The zero-order valence-corrected chi connectivity index (χ0v) is 21.7. The summed E-state index contributed by atoms with van der Waals surface area (Å²) in [5.41, 5.74) is 8.37. The number of aliphatic hydroxyl groups excluding tert-OH is 1. The number of benzene rings is 4. The molecule has 192 valence electrons. The molecule has 1 aliphatic rings. The minimum Gasteiger partial charge on any atom is -0.491 e. The fourth-order valence-corrected chi connectivity index (χ4v) is 5.59. The van der Waals surface area contributed by atoms with Crippen LogP contribution in [0.15, 0.2) is 103 Å². The van der Waals surface area contributed by atoms with Crippen molar-refractivity contribution >= 4 is 11.0 Å². The van der Waals surface area contributed by atoms with Crippen molar-refractivity contribution in [3.63, 3.8) is 0 Å². The Kier molecular flexibility index (Phi) is 6.95. The quantitative estimate of drug-likeness (QED) is 0.290. The average Bonchev–Trinajstić information content (AvgIpc) is 3.33. The molecule has 5 nitrogen and oxygen atoms in total. The number of hydrogen-bond acceptors (Lipinski definition) is 4. The highest BCUT2D eigenvalue weighted by Crippen LogP contribution is 2.33. The topological polar surface area (TPSA) is 50.5 Å². The van der Waals surface area contributed by atoms with Crippen LogP contribution in [0.4, 0.5) is 0 Å². The minimum absolute atomic E-state index is 0.238. The average molecular weight is 504 g/mol. The molecule has 0 radical (unpaired) electrons. The number of nitrogens with zero attached hydrogens (tertiary/aromatic N) is 3. The highest BCUT2D eigenvalue weighted by molar-refractivity contribution is 5.82. The van der Waals surface area contributed by atoms with Crippen molar-refractivity contribution in [1.29, 1.82) is 0 Å². The summed E-state index contributed by atoms with van der Waals surface area (Å²) in [5, 5.41) is 11.0. The molecule has 6 rings (SSSR count). The number of β-amino-alcohol motifs (C(OH)–C–C–N with tert-alkyl or cyclic N) is 1. The van der Waals surface area contributed by atoms with E-state index in [9.17, 15) is 5.11 Å². The van der Waals surface area contributed by atoms with Crippen molar-refractivity contribution < 1.29 is 9.84 Å². The Morgan fingerprint density at radius 1 is 0.921 bits per heavy atom. The summed E-state index contributed by atoms with van der Waals surface area (Å²) in [5.74, 6) is 0.761. The highest BCUT2D eigenvalue weighted by atomic mass is 16.5. The van der Waals surface area contributed by atoms with Crippen molar-refractivity contribution in [2.24, 2.45) is 7.05 Å². The lowest BCUT2D eigenvalue weighted by Crippen LogP contribution is -2.42. The first kappa shape index (κ1) is 24.4. The summed E-state index contributed by atoms with van der Waals surface area (Å²) >= 11 is 0. The summed E-state index contributed by atoms with van der Waals surface area (Å²) in [6, 6.07) is 34.0. The van der Waals surface area contributed by atoms with Crippen LogP contribution in [0, 0.1) is 0 Å². The largest absolute Gasteiger partial charge is 0.491 e. The van der Waals surface area contributed by atoms with Crippen LogP contribution >= 0.6 is 0 Å². The Bertz CT molecular complexity index is 1530. The molecular weight excluding hydrogens is 470 g/mol. The Morgan fingerprint density at radius 3 is 2.63 bits per heavy atom. The van der Waals surface area contributed by atoms with Crippen molar-refractivity contribution in [2.45, 2.75) is 25.0 Å². The van der Waals surface area contributed by atoms with Gasteiger partial charge in [0.1, 0.15) is 18.5 Å². The zero-order chi connectivity index (χ0) is 25.9. The van der Waals surface area contributed by atoms with Gasteiger partial charge in [0.2, 0.25) is 0 Å². The number of imidazole rings is 1. The molecule has 0 spiro atoms. The van der Waals surface area contributed by atoms with Crippen LogP contribution in [0.5, 0.6) is 5.75 Å². The molecule has 0 bridgehead atoms. The molecule has 1 aliphatic heterocycles. The Balaban J connectivity index is 1.14. The van der Waals surface area contributed by atoms with Crippen LogP contribution in [0.2, 0.25) is 0 Å². The molecule has 2 unspecified atom stereocenters. The molecule has 2 atom stereocenters. The van der Waals surface area contributed by atoms with Crippen LogP contribution in [-0.4, -0.2) is 45.4 Å². The lowest BCUT2D eigenvalue weighted by atomic mass is 9.88. The SMILES string of the molecule is Cn1cnc2ccc(-c3cccc(OCC(O)CN4CCc5ccccc5C4Cc4ccccc4)c3)cc21. The van der Waals surface area contributed by atoms with Crippen LogP contribution in [0.25, 0.3) is 22.2 Å². The maximum Gasteiger partial charge on any atom is 0.120 e. The van der Waals surface area contributed by atoms with Crippen molar-refractivity contribution in [1.82, 2.24) is 14.5 Å². The van der Waals surface area contributed by atoms with E-state index in [-0.39, 0.29) is 12.6 Å². The Labute approximate surface area is 224 Å². The van der Waals surface area contributed by atoms with Gasteiger partial charge in [-0.2, -0.15) is 0 Å². The van der Waals surface area contributed by atoms with E-state index >= 15 is 0 Å². The second-order valence-corrected chi connectivity index (χ2v) is 10.2. The van der Waals surface area contributed by atoms with Crippen LogP contribution in [0.3, 0.4) is 0 Å². The molecular formula is C33H33N3O2. The predicted octanol–water partition coefficient (Wildman–Crippen LogP) is 5.82. The summed E-state index contributed by atoms with van der Waals surface area (Å²) in [7, 11) is 2.01. The molecule has 4 aromatic carbocycles. The number of fused-ring (bicyclic) bond motifs is 2. The third kappa shape index (κ3) is 5.21. The van der Waals surface area contributed by atoms with E-state index in [1.165, 1.54) is 16.7 Å². The van der Waals surface area contributed by atoms with Crippen molar-refractivity contribution in [3.05, 3.63) is 120 Å². The molecule has 0 aliphatic carbocycles. The molecule has 2 heterocycles. The van der Waals surface area contributed by atoms with Gasteiger partial charge in [-0.05, 0) is 64.9 Å². The van der Waals surface area contributed by atoms with Crippen LogP contribution < -0.4 is 4.74 Å². The number of aliphatic hydroxyl groups is 1. The fourth-order valence-electron chi connectivity index (χ4n) is 5.59. The van der Waals surface area contributed by atoms with Gasteiger partial charge < -0.3 is 14.4 Å². The first-order chi connectivity index (χ1) is 18.6. The van der Waals surface area contributed by atoms with E-state index in [1.807, 2.05) is 42.2 Å². The first-order valence-corrected chi connectivity index (χ1v) is 13.3. The zero-order valence-electron chi connectivity index (χ0n) is 21.7. The van der Waals surface area contributed by atoms with Gasteiger partial charge in [0, 0.05) is 26.2 Å². The Morgan fingerprint density at radius 2 is 1.74 bits per heavy atom. The van der Waals surface area contributed by atoms with E-state index in [2.05, 4.69) is 82.7 Å². The lowest BCUT2D eigenvalue weighted by Gasteiger charge is -2.38.